The maximum atomic E-state index is 11.6. The van der Waals surface area contributed by atoms with Gasteiger partial charge in [-0.2, -0.15) is 4.79 Å². The molecule has 0 atom stereocenters. The first-order valence-electron chi connectivity index (χ1n) is 6.05. The summed E-state index contributed by atoms with van der Waals surface area (Å²) in [5.74, 6) is -0.657. The third-order valence-corrected chi connectivity index (χ3v) is 2.26. The summed E-state index contributed by atoms with van der Waals surface area (Å²) in [6, 6.07) is 9.40. The molecule has 4 heteroatoms. The first-order valence-corrected chi connectivity index (χ1v) is 6.05. The summed E-state index contributed by atoms with van der Waals surface area (Å²) < 4.78 is 4.92. The zero-order valence-electron chi connectivity index (χ0n) is 10.8. The lowest BCUT2D eigenvalue weighted by molar-refractivity contribution is -0.138. The molecule has 0 N–H and O–H groups in total. The van der Waals surface area contributed by atoms with Gasteiger partial charge in [0, 0.05) is 6.08 Å². The molecule has 0 spiro atoms. The molecule has 19 heavy (non-hydrogen) atoms. The van der Waals surface area contributed by atoms with E-state index in [2.05, 4.69) is 4.79 Å². The van der Waals surface area contributed by atoms with Gasteiger partial charge in [0.2, 0.25) is 0 Å². The number of hydrogen-bond donors (Lipinski definition) is 0. The predicted octanol–water partition coefficient (Wildman–Crippen LogP) is 2.88. The van der Waals surface area contributed by atoms with Crippen LogP contribution in [0.1, 0.15) is 18.9 Å². The van der Waals surface area contributed by atoms with Crippen molar-refractivity contribution in [2.24, 2.45) is 0 Å². The van der Waals surface area contributed by atoms with Crippen molar-refractivity contribution in [3.8, 4) is 0 Å². The zero-order chi connectivity index (χ0) is 13.9. The van der Waals surface area contributed by atoms with Gasteiger partial charge in [-0.05, 0) is 18.1 Å². The molecule has 0 fully saturated rings. The summed E-state index contributed by atoms with van der Waals surface area (Å²) in [5, 5.41) is 0. The Bertz CT molecular complexity index is 512. The van der Waals surface area contributed by atoms with Crippen LogP contribution in [0.25, 0.3) is 11.6 Å². The molecule has 98 valence electrons. The Morgan fingerprint density at radius 2 is 2.05 bits per heavy atom. The van der Waals surface area contributed by atoms with E-state index in [0.717, 1.165) is 12.0 Å². The highest BCUT2D eigenvalue weighted by atomic mass is 16.5. The average molecular weight is 256 g/mol. The van der Waals surface area contributed by atoms with Gasteiger partial charge >= 0.3 is 11.7 Å². The molecule has 0 aliphatic rings. The second-order valence-electron chi connectivity index (χ2n) is 3.71. The normalized spacial score (nSPS) is 10.6. The van der Waals surface area contributed by atoms with E-state index in [1.54, 1.807) is 12.2 Å². The minimum atomic E-state index is -0.657. The van der Waals surface area contributed by atoms with E-state index in [4.69, 9.17) is 10.3 Å². The van der Waals surface area contributed by atoms with Crippen LogP contribution in [-0.2, 0) is 9.53 Å². The van der Waals surface area contributed by atoms with E-state index in [-0.39, 0.29) is 12.3 Å². The molecular weight excluding hydrogens is 240 g/mol. The molecule has 1 aromatic carbocycles. The Morgan fingerprint density at radius 1 is 1.32 bits per heavy atom. The van der Waals surface area contributed by atoms with E-state index >= 15 is 0 Å². The van der Waals surface area contributed by atoms with Gasteiger partial charge in [-0.3, -0.25) is 0 Å². The molecule has 0 amide bonds. The van der Waals surface area contributed by atoms with Crippen molar-refractivity contribution in [2.45, 2.75) is 13.3 Å². The van der Waals surface area contributed by atoms with Crippen LogP contribution in [0.2, 0.25) is 0 Å². The molecule has 1 rings (SSSR count). The fourth-order valence-electron chi connectivity index (χ4n) is 1.31. The molecule has 0 heterocycles. The SMILES string of the molecule is CC/C=C/COC(=O)C(/C=C/c1ccccc1)=[N+]=[N-]. The van der Waals surface area contributed by atoms with E-state index in [9.17, 15) is 4.79 Å². The maximum absolute atomic E-state index is 11.6. The number of ether oxygens (including phenoxy) is 1. The molecular formula is C15H16N2O2. The number of benzene rings is 1. The van der Waals surface area contributed by atoms with Crippen LogP contribution in [-0.4, -0.2) is 23.1 Å². The minimum absolute atomic E-state index is 0.131. The quantitative estimate of drug-likeness (QED) is 0.258. The number of hydrogen-bond acceptors (Lipinski definition) is 2. The Hall–Kier alpha value is -2.45. The summed E-state index contributed by atoms with van der Waals surface area (Å²) in [6.07, 6.45) is 7.61. The molecule has 0 aliphatic carbocycles. The molecule has 4 nitrogen and oxygen atoms in total. The van der Waals surface area contributed by atoms with Crippen LogP contribution in [0.5, 0.6) is 0 Å². The Labute approximate surface area is 112 Å². The van der Waals surface area contributed by atoms with E-state index in [0.29, 0.717) is 0 Å². The topological polar surface area (TPSA) is 62.7 Å². The van der Waals surface area contributed by atoms with Crippen molar-refractivity contribution in [3.05, 3.63) is 59.7 Å². The van der Waals surface area contributed by atoms with E-state index in [1.165, 1.54) is 6.08 Å². The monoisotopic (exact) mass is 256 g/mol. The van der Waals surface area contributed by atoms with Crippen molar-refractivity contribution in [1.82, 2.24) is 0 Å². The summed E-state index contributed by atoms with van der Waals surface area (Å²) in [7, 11) is 0. The molecule has 0 saturated heterocycles. The van der Waals surface area contributed by atoms with Crippen LogP contribution in [0.3, 0.4) is 0 Å². The largest absolute Gasteiger partial charge is 0.453 e. The first kappa shape index (κ1) is 14.6. The highest BCUT2D eigenvalue weighted by molar-refractivity contribution is 6.39. The second-order valence-corrected chi connectivity index (χ2v) is 3.71. The number of nitrogens with zero attached hydrogens (tertiary/aromatic N) is 2. The molecule has 0 unspecified atom stereocenters. The Balaban J connectivity index is 2.59. The zero-order valence-corrected chi connectivity index (χ0v) is 10.8. The molecule has 0 saturated carbocycles. The minimum Gasteiger partial charge on any atom is -0.453 e. The first-order chi connectivity index (χ1) is 9.27. The highest BCUT2D eigenvalue weighted by Crippen LogP contribution is 2.01. The number of esters is 1. The van der Waals surface area contributed by atoms with Gasteiger partial charge in [-0.15, -0.1) is 0 Å². The fourth-order valence-corrected chi connectivity index (χ4v) is 1.31. The number of allylic oxidation sites excluding steroid dienone is 1. The number of carbonyl (C=O) groups excluding carboxylic acids is 1. The Kier molecular flexibility index (Phi) is 6.62. The van der Waals surface area contributed by atoms with Crippen molar-refractivity contribution in [3.63, 3.8) is 0 Å². The van der Waals surface area contributed by atoms with Crippen molar-refractivity contribution in [2.75, 3.05) is 6.61 Å². The summed E-state index contributed by atoms with van der Waals surface area (Å²) >= 11 is 0. The van der Waals surface area contributed by atoms with Crippen molar-refractivity contribution >= 4 is 17.8 Å². The van der Waals surface area contributed by atoms with Crippen molar-refractivity contribution in [1.29, 1.82) is 0 Å². The lowest BCUT2D eigenvalue weighted by Gasteiger charge is -1.95. The predicted molar refractivity (Wildman–Crippen MR) is 74.5 cm³/mol. The fraction of sp³-hybridized carbons (Fsp3) is 0.200. The van der Waals surface area contributed by atoms with Crippen molar-refractivity contribution < 1.29 is 14.3 Å². The van der Waals surface area contributed by atoms with Crippen LogP contribution in [0, 0.1) is 0 Å². The third-order valence-electron chi connectivity index (χ3n) is 2.26. The summed E-state index contributed by atoms with van der Waals surface area (Å²) in [6.45, 7) is 2.16. The number of rotatable bonds is 6. The molecule has 0 aromatic heterocycles. The van der Waals surface area contributed by atoms with Gasteiger partial charge in [-0.25, -0.2) is 4.79 Å². The van der Waals surface area contributed by atoms with Crippen LogP contribution in [0.4, 0.5) is 0 Å². The third kappa shape index (κ3) is 5.61. The maximum Gasteiger partial charge on any atom is 0.421 e. The van der Waals surface area contributed by atoms with Crippen LogP contribution < -0.4 is 0 Å². The summed E-state index contributed by atoms with van der Waals surface area (Å²) in [4.78, 5) is 14.5. The van der Waals surface area contributed by atoms with Crippen LogP contribution in [0.15, 0.2) is 48.6 Å². The van der Waals surface area contributed by atoms with Gasteiger partial charge < -0.3 is 10.3 Å². The lowest BCUT2D eigenvalue weighted by atomic mass is 10.2. The average Bonchev–Trinajstić information content (AvgIpc) is 2.45. The van der Waals surface area contributed by atoms with Gasteiger partial charge in [0.05, 0.1) is 0 Å². The lowest BCUT2D eigenvalue weighted by Crippen LogP contribution is -2.16. The molecule has 0 bridgehead atoms. The van der Waals surface area contributed by atoms with Gasteiger partial charge in [0.1, 0.15) is 6.61 Å². The van der Waals surface area contributed by atoms with E-state index < -0.39 is 5.97 Å². The standard InChI is InChI=1S/C15H16N2O2/c1-2-3-7-12-19-15(18)14(17-16)11-10-13-8-5-4-6-9-13/h3-11H,2,12H2,1H3/b7-3+,11-10+. The van der Waals surface area contributed by atoms with Gasteiger partial charge in [-0.1, -0.05) is 49.4 Å². The number of carbonyl (C=O) groups is 1. The molecule has 0 radical (unpaired) electrons. The molecule has 1 aromatic rings. The molecule has 0 aliphatic heterocycles. The smallest absolute Gasteiger partial charge is 0.421 e. The summed E-state index contributed by atoms with van der Waals surface area (Å²) in [5.41, 5.74) is 9.57. The Morgan fingerprint density at radius 3 is 2.68 bits per heavy atom. The second kappa shape index (κ2) is 8.61. The van der Waals surface area contributed by atoms with Crippen LogP contribution >= 0.6 is 0 Å². The van der Waals surface area contributed by atoms with Gasteiger partial charge in [0.15, 0.2) is 0 Å². The van der Waals surface area contributed by atoms with Gasteiger partial charge in [0.25, 0.3) is 0 Å². The van der Waals surface area contributed by atoms with E-state index in [1.807, 2.05) is 43.3 Å². The highest BCUT2D eigenvalue weighted by Gasteiger charge is 2.17.